The number of amides is 1. The van der Waals surface area contributed by atoms with E-state index in [9.17, 15) is 18.0 Å². The van der Waals surface area contributed by atoms with Gasteiger partial charge in [0.05, 0.1) is 17.5 Å². The van der Waals surface area contributed by atoms with E-state index < -0.39 is 9.84 Å². The van der Waals surface area contributed by atoms with Crippen LogP contribution in [-0.2, 0) is 14.6 Å². The molecule has 0 radical (unpaired) electrons. The number of fused-ring (bicyclic) bond motifs is 1. The van der Waals surface area contributed by atoms with E-state index in [0.717, 1.165) is 0 Å². The molecule has 4 rings (SSSR count). The van der Waals surface area contributed by atoms with Gasteiger partial charge in [-0.1, -0.05) is 0 Å². The number of sulfone groups is 1. The predicted molar refractivity (Wildman–Crippen MR) is 115 cm³/mol. The zero-order valence-corrected chi connectivity index (χ0v) is 18.9. The number of nitrogens with zero attached hydrogens (tertiary/aromatic N) is 2. The summed E-state index contributed by atoms with van der Waals surface area (Å²) in [5.41, 5.74) is 0.633. The van der Waals surface area contributed by atoms with E-state index in [4.69, 9.17) is 9.47 Å². The van der Waals surface area contributed by atoms with Gasteiger partial charge in [-0.05, 0) is 57.5 Å². The van der Waals surface area contributed by atoms with Gasteiger partial charge in [0, 0.05) is 24.6 Å². The van der Waals surface area contributed by atoms with E-state index in [1.54, 1.807) is 30.1 Å². The average Bonchev–Trinajstić information content (AvgIpc) is 3.16. The van der Waals surface area contributed by atoms with Gasteiger partial charge >= 0.3 is 0 Å². The quantitative estimate of drug-likeness (QED) is 0.626. The lowest BCUT2D eigenvalue weighted by Crippen LogP contribution is -2.51. The molecule has 1 aromatic carbocycles. The lowest BCUT2D eigenvalue weighted by atomic mass is 9.88. The number of hydrogen-bond donors (Lipinski definition) is 0. The van der Waals surface area contributed by atoms with E-state index in [0.29, 0.717) is 62.6 Å². The molecule has 170 valence electrons. The number of likely N-dealkylation sites (N-methyl/N-ethyl adjacent to an activating group) is 1. The number of likely N-dealkylation sites (tertiary alicyclic amines) is 1. The highest BCUT2D eigenvalue weighted by molar-refractivity contribution is 7.91. The lowest BCUT2D eigenvalue weighted by molar-refractivity contribution is -0.137. The number of carbonyl (C=O) groups is 2. The SMILES string of the molecule is C[C@H](C(=O)N(C)[C@@H]1CCS(=O)(=O)C1)N1CCC(C(=O)c2ccc3c(c2)OCCO3)CC1. The molecule has 3 aliphatic rings. The standard InChI is InChI=1S/C22H30N2O6S/c1-15(22(26)23(2)18-7-12-31(27,28)14-18)24-8-5-16(6-9-24)21(25)17-3-4-19-20(13-17)30-11-10-29-19/h3-4,13,15-16,18H,5-12,14H2,1-2H3/t15-,18-/m1/s1. The highest BCUT2D eigenvalue weighted by atomic mass is 32.2. The number of benzene rings is 1. The Hall–Kier alpha value is -2.13. The Kier molecular flexibility index (Phi) is 6.25. The molecule has 1 aromatic rings. The lowest BCUT2D eigenvalue weighted by Gasteiger charge is -2.37. The van der Waals surface area contributed by atoms with Crippen LogP contribution in [0.25, 0.3) is 0 Å². The monoisotopic (exact) mass is 450 g/mol. The van der Waals surface area contributed by atoms with Crippen molar-refractivity contribution >= 4 is 21.5 Å². The normalized spacial score (nSPS) is 24.5. The van der Waals surface area contributed by atoms with E-state index in [2.05, 4.69) is 4.90 Å². The van der Waals surface area contributed by atoms with Gasteiger partial charge in [0.2, 0.25) is 5.91 Å². The first-order valence-corrected chi connectivity index (χ1v) is 12.7. The summed E-state index contributed by atoms with van der Waals surface area (Å²) in [7, 11) is -1.34. The summed E-state index contributed by atoms with van der Waals surface area (Å²) in [6.45, 7) is 4.18. The first-order chi connectivity index (χ1) is 14.7. The third kappa shape index (κ3) is 4.72. The molecule has 0 saturated carbocycles. The smallest absolute Gasteiger partial charge is 0.239 e. The van der Waals surface area contributed by atoms with Crippen molar-refractivity contribution in [2.45, 2.75) is 38.3 Å². The third-order valence-electron chi connectivity index (χ3n) is 6.74. The molecule has 1 amide bonds. The molecular weight excluding hydrogens is 420 g/mol. The van der Waals surface area contributed by atoms with Crippen LogP contribution in [0, 0.1) is 5.92 Å². The number of carbonyl (C=O) groups excluding carboxylic acids is 2. The maximum atomic E-state index is 13.0. The highest BCUT2D eigenvalue weighted by Crippen LogP contribution is 2.33. The Morgan fingerprint density at radius 1 is 1.10 bits per heavy atom. The van der Waals surface area contributed by atoms with Gasteiger partial charge in [0.15, 0.2) is 27.1 Å². The molecule has 8 nitrogen and oxygen atoms in total. The molecule has 2 saturated heterocycles. The van der Waals surface area contributed by atoms with Crippen LogP contribution >= 0.6 is 0 Å². The molecule has 0 unspecified atom stereocenters. The van der Waals surface area contributed by atoms with Crippen LogP contribution < -0.4 is 9.47 Å². The van der Waals surface area contributed by atoms with Crippen molar-refractivity contribution in [3.63, 3.8) is 0 Å². The van der Waals surface area contributed by atoms with Crippen molar-refractivity contribution in [1.82, 2.24) is 9.80 Å². The summed E-state index contributed by atoms with van der Waals surface area (Å²) in [5.74, 6) is 1.45. The fourth-order valence-electron chi connectivity index (χ4n) is 4.69. The fraction of sp³-hybridized carbons (Fsp3) is 0.636. The maximum absolute atomic E-state index is 13.0. The number of hydrogen-bond acceptors (Lipinski definition) is 7. The molecule has 0 aromatic heterocycles. The Labute approximate surface area is 183 Å². The molecule has 31 heavy (non-hydrogen) atoms. The molecule has 0 bridgehead atoms. The average molecular weight is 451 g/mol. The number of ether oxygens (including phenoxy) is 2. The maximum Gasteiger partial charge on any atom is 0.239 e. The van der Waals surface area contributed by atoms with Gasteiger partial charge < -0.3 is 14.4 Å². The molecule has 2 fully saturated rings. The number of piperidine rings is 1. The van der Waals surface area contributed by atoms with Gasteiger partial charge in [-0.2, -0.15) is 0 Å². The Morgan fingerprint density at radius 2 is 1.77 bits per heavy atom. The molecule has 0 aliphatic carbocycles. The van der Waals surface area contributed by atoms with Crippen LogP contribution in [0.3, 0.4) is 0 Å². The topological polar surface area (TPSA) is 93.2 Å². The summed E-state index contributed by atoms with van der Waals surface area (Å²) in [4.78, 5) is 29.6. The van der Waals surface area contributed by atoms with Crippen LogP contribution in [0.5, 0.6) is 11.5 Å². The van der Waals surface area contributed by atoms with Gasteiger partial charge in [0.1, 0.15) is 13.2 Å². The van der Waals surface area contributed by atoms with Gasteiger partial charge in [-0.3, -0.25) is 14.5 Å². The first kappa shape index (κ1) is 22.1. The largest absolute Gasteiger partial charge is 0.486 e. The van der Waals surface area contributed by atoms with Crippen LogP contribution in [0.15, 0.2) is 18.2 Å². The summed E-state index contributed by atoms with van der Waals surface area (Å²) < 4.78 is 34.6. The van der Waals surface area contributed by atoms with E-state index in [1.165, 1.54) is 0 Å². The summed E-state index contributed by atoms with van der Waals surface area (Å²) in [5, 5.41) is 0. The Bertz CT molecular complexity index is 955. The third-order valence-corrected chi connectivity index (χ3v) is 8.49. The second-order valence-corrected chi connectivity index (χ2v) is 10.9. The summed E-state index contributed by atoms with van der Waals surface area (Å²) in [6.07, 6.45) is 1.88. The molecule has 3 heterocycles. The molecule has 9 heteroatoms. The van der Waals surface area contributed by atoms with Crippen molar-refractivity contribution in [3.8, 4) is 11.5 Å². The fourth-order valence-corrected chi connectivity index (χ4v) is 6.47. The Morgan fingerprint density at radius 3 is 2.42 bits per heavy atom. The molecule has 0 spiro atoms. The van der Waals surface area contributed by atoms with Crippen molar-refractivity contribution in [3.05, 3.63) is 23.8 Å². The van der Waals surface area contributed by atoms with Crippen LogP contribution in [0.2, 0.25) is 0 Å². The predicted octanol–water partition coefficient (Wildman–Crippen LogP) is 1.39. The molecule has 3 aliphatic heterocycles. The van der Waals surface area contributed by atoms with Gasteiger partial charge in [0.25, 0.3) is 0 Å². The van der Waals surface area contributed by atoms with Gasteiger partial charge in [-0.15, -0.1) is 0 Å². The van der Waals surface area contributed by atoms with E-state index >= 15 is 0 Å². The van der Waals surface area contributed by atoms with Crippen LogP contribution in [-0.4, -0.2) is 86.8 Å². The zero-order valence-electron chi connectivity index (χ0n) is 18.1. The van der Waals surface area contributed by atoms with Gasteiger partial charge in [-0.25, -0.2) is 8.42 Å². The van der Waals surface area contributed by atoms with Crippen LogP contribution in [0.1, 0.15) is 36.5 Å². The second kappa shape index (κ2) is 8.78. The minimum atomic E-state index is -3.04. The number of Topliss-reactive ketones (excluding diaryl/α,β-unsaturated/α-hetero) is 1. The van der Waals surface area contributed by atoms with Crippen molar-refractivity contribution in [2.24, 2.45) is 5.92 Å². The molecule has 2 atom stereocenters. The van der Waals surface area contributed by atoms with E-state index in [-0.39, 0.29) is 41.2 Å². The molecular formula is C22H30N2O6S. The molecule has 0 N–H and O–H groups in total. The van der Waals surface area contributed by atoms with E-state index in [1.807, 2.05) is 6.92 Å². The van der Waals surface area contributed by atoms with Crippen molar-refractivity contribution < 1.29 is 27.5 Å². The summed E-state index contributed by atoms with van der Waals surface area (Å²) >= 11 is 0. The Balaban J connectivity index is 1.32. The number of rotatable bonds is 5. The summed E-state index contributed by atoms with van der Waals surface area (Å²) in [6, 6.07) is 4.77. The first-order valence-electron chi connectivity index (χ1n) is 10.9. The zero-order chi connectivity index (χ0) is 22.2. The number of ketones is 1. The van der Waals surface area contributed by atoms with Crippen molar-refractivity contribution in [2.75, 3.05) is 44.9 Å². The highest BCUT2D eigenvalue weighted by Gasteiger charge is 2.36. The van der Waals surface area contributed by atoms with Crippen LogP contribution in [0.4, 0.5) is 0 Å². The second-order valence-electron chi connectivity index (χ2n) is 8.71. The minimum Gasteiger partial charge on any atom is -0.486 e. The minimum absolute atomic E-state index is 0.0497. The van der Waals surface area contributed by atoms with Crippen molar-refractivity contribution in [1.29, 1.82) is 0 Å².